The number of carbonyl (C=O) groups is 1. The summed E-state index contributed by atoms with van der Waals surface area (Å²) in [5.74, 6) is -0.196. The Hall–Kier alpha value is -4.64. The van der Waals surface area contributed by atoms with Crippen molar-refractivity contribution in [2.75, 3.05) is 26.1 Å². The van der Waals surface area contributed by atoms with Crippen molar-refractivity contribution in [3.8, 4) is 23.0 Å². The van der Waals surface area contributed by atoms with Crippen LogP contribution in [0.4, 0.5) is 11.4 Å². The minimum atomic E-state index is -3.96. The third-order valence-electron chi connectivity index (χ3n) is 5.73. The average Bonchev–Trinajstić information content (AvgIpc) is 2.92. The molecule has 0 saturated carbocycles. The van der Waals surface area contributed by atoms with E-state index in [4.69, 9.17) is 14.2 Å². The topological polar surface area (TPSA) is 136 Å². The maximum Gasteiger partial charge on any atom is 0.295 e. The van der Waals surface area contributed by atoms with Gasteiger partial charge in [0.05, 0.1) is 37.5 Å². The fourth-order valence-corrected chi connectivity index (χ4v) is 4.86. The number of methoxy groups -OCH3 is 3. The van der Waals surface area contributed by atoms with Crippen molar-refractivity contribution in [2.45, 2.75) is 11.8 Å². The van der Waals surface area contributed by atoms with Gasteiger partial charge in [0.2, 0.25) is 5.75 Å². The number of phenolic OH excluding ortho intramolecular Hbond substituents is 1. The van der Waals surface area contributed by atoms with Crippen LogP contribution in [0.25, 0.3) is 10.8 Å². The third kappa shape index (κ3) is 5.23. The molecule has 0 aliphatic heterocycles. The molecule has 0 fully saturated rings. The SMILES string of the molecule is COc1cc(C(=O)N=Nc2cc(NS(=O)(=O)c3ccc(C)cc3)c3ccccc3c2O)cc(OC)c1OC. The number of nitrogens with one attached hydrogen (secondary N) is 1. The van der Waals surface area contributed by atoms with Crippen LogP contribution in [0.2, 0.25) is 0 Å². The van der Waals surface area contributed by atoms with E-state index in [-0.39, 0.29) is 39.1 Å². The molecule has 0 bridgehead atoms. The van der Waals surface area contributed by atoms with Crippen LogP contribution in [0.15, 0.2) is 81.9 Å². The van der Waals surface area contributed by atoms with Crippen LogP contribution >= 0.6 is 0 Å². The number of fused-ring (bicyclic) bond motifs is 1. The Bertz CT molecular complexity index is 1620. The first-order valence-corrected chi connectivity index (χ1v) is 12.8. The van der Waals surface area contributed by atoms with Gasteiger partial charge in [0.25, 0.3) is 15.9 Å². The highest BCUT2D eigenvalue weighted by Crippen LogP contribution is 2.41. The molecule has 38 heavy (non-hydrogen) atoms. The van der Waals surface area contributed by atoms with E-state index in [9.17, 15) is 18.3 Å². The van der Waals surface area contributed by atoms with Gasteiger partial charge < -0.3 is 19.3 Å². The van der Waals surface area contributed by atoms with Gasteiger partial charge in [-0.2, -0.15) is 0 Å². The van der Waals surface area contributed by atoms with Crippen molar-refractivity contribution in [1.82, 2.24) is 0 Å². The van der Waals surface area contributed by atoms with Gasteiger partial charge in [-0.05, 0) is 37.3 Å². The Morgan fingerprint density at radius 1 is 0.868 bits per heavy atom. The molecule has 196 valence electrons. The van der Waals surface area contributed by atoms with E-state index in [2.05, 4.69) is 15.0 Å². The number of hydrogen-bond acceptors (Lipinski definition) is 8. The Labute approximate surface area is 219 Å². The van der Waals surface area contributed by atoms with Gasteiger partial charge in [-0.1, -0.05) is 42.0 Å². The number of ether oxygens (including phenoxy) is 3. The number of carbonyl (C=O) groups excluding carboxylic acids is 1. The number of rotatable bonds is 8. The van der Waals surface area contributed by atoms with Gasteiger partial charge in [0.15, 0.2) is 17.2 Å². The van der Waals surface area contributed by atoms with Crippen molar-refractivity contribution in [1.29, 1.82) is 0 Å². The number of aryl methyl sites for hydroxylation is 1. The number of aromatic hydroxyl groups is 1. The van der Waals surface area contributed by atoms with Crippen LogP contribution in [0, 0.1) is 6.92 Å². The molecule has 4 aromatic carbocycles. The molecule has 0 aliphatic rings. The largest absolute Gasteiger partial charge is 0.505 e. The molecule has 10 nitrogen and oxygen atoms in total. The van der Waals surface area contributed by atoms with E-state index >= 15 is 0 Å². The van der Waals surface area contributed by atoms with Gasteiger partial charge in [0.1, 0.15) is 5.69 Å². The summed E-state index contributed by atoms with van der Waals surface area (Å²) in [5.41, 5.74) is 1.07. The number of amides is 1. The Morgan fingerprint density at radius 3 is 2.05 bits per heavy atom. The van der Waals surface area contributed by atoms with E-state index in [1.165, 1.54) is 51.7 Å². The molecule has 2 N–H and O–H groups in total. The molecule has 0 radical (unpaired) electrons. The first-order valence-electron chi connectivity index (χ1n) is 11.3. The first kappa shape index (κ1) is 26.4. The van der Waals surface area contributed by atoms with Gasteiger partial charge in [-0.15, -0.1) is 10.2 Å². The predicted octanol–water partition coefficient (Wildman–Crippen LogP) is 5.60. The molecule has 1 amide bonds. The molecule has 0 saturated heterocycles. The Morgan fingerprint density at radius 2 is 1.47 bits per heavy atom. The van der Waals surface area contributed by atoms with Crippen LogP contribution in [0.1, 0.15) is 15.9 Å². The number of phenols is 1. The zero-order valence-electron chi connectivity index (χ0n) is 21.1. The molecular formula is C27H25N3O7S. The summed E-state index contributed by atoms with van der Waals surface area (Å²) in [6.07, 6.45) is 0. The molecule has 0 unspecified atom stereocenters. The van der Waals surface area contributed by atoms with Crippen molar-refractivity contribution < 1.29 is 32.5 Å². The Balaban J connectivity index is 1.74. The van der Waals surface area contributed by atoms with E-state index in [0.717, 1.165) is 5.56 Å². The summed E-state index contributed by atoms with van der Waals surface area (Å²) in [7, 11) is 0.313. The summed E-state index contributed by atoms with van der Waals surface area (Å²) in [6, 6.07) is 17.2. The lowest BCUT2D eigenvalue weighted by molar-refractivity contribution is 0.0994. The summed E-state index contributed by atoms with van der Waals surface area (Å²) in [6.45, 7) is 1.86. The van der Waals surface area contributed by atoms with Crippen molar-refractivity contribution in [3.63, 3.8) is 0 Å². The van der Waals surface area contributed by atoms with E-state index < -0.39 is 15.9 Å². The third-order valence-corrected chi connectivity index (χ3v) is 7.11. The number of hydrogen-bond donors (Lipinski definition) is 2. The maximum absolute atomic E-state index is 13.1. The second-order valence-electron chi connectivity index (χ2n) is 8.18. The second kappa shape index (κ2) is 10.8. The van der Waals surface area contributed by atoms with Crippen LogP contribution in [0.3, 0.4) is 0 Å². The number of sulfonamides is 1. The standard InChI is InChI=1S/C27H25N3O7S/c1-16-9-11-18(12-10-16)38(33,34)30-21-15-22(25(31)20-8-6-5-7-19(20)21)28-29-27(32)17-13-23(35-2)26(37-4)24(14-17)36-3/h5-15,30-31H,1-4H3. The zero-order chi connectivity index (χ0) is 27.4. The van der Waals surface area contributed by atoms with Crippen LogP contribution in [-0.4, -0.2) is 40.8 Å². The predicted molar refractivity (Wildman–Crippen MR) is 143 cm³/mol. The summed E-state index contributed by atoms with van der Waals surface area (Å²) < 4.78 is 44.5. The lowest BCUT2D eigenvalue weighted by atomic mass is 10.1. The van der Waals surface area contributed by atoms with Crippen molar-refractivity contribution in [3.05, 3.63) is 77.9 Å². The molecule has 4 aromatic rings. The van der Waals surface area contributed by atoms with Gasteiger partial charge in [0, 0.05) is 10.8 Å². The van der Waals surface area contributed by atoms with Gasteiger partial charge in [-0.25, -0.2) is 8.42 Å². The van der Waals surface area contributed by atoms with Crippen molar-refractivity contribution in [2.24, 2.45) is 10.2 Å². The lowest BCUT2D eigenvalue weighted by Crippen LogP contribution is -2.13. The summed E-state index contributed by atoms with van der Waals surface area (Å²) >= 11 is 0. The van der Waals surface area contributed by atoms with Gasteiger partial charge in [-0.3, -0.25) is 9.52 Å². The fraction of sp³-hybridized carbons (Fsp3) is 0.148. The minimum absolute atomic E-state index is 0.0704. The Kier molecular flexibility index (Phi) is 7.49. The summed E-state index contributed by atoms with van der Waals surface area (Å²) in [4.78, 5) is 12.9. The molecule has 4 rings (SSSR count). The van der Waals surface area contributed by atoms with E-state index in [1.807, 2.05) is 6.92 Å². The number of anilines is 1. The maximum atomic E-state index is 13.1. The summed E-state index contributed by atoms with van der Waals surface area (Å²) in [5, 5.41) is 19.3. The number of benzene rings is 4. The molecule has 11 heteroatoms. The zero-order valence-corrected chi connectivity index (χ0v) is 21.9. The highest BCUT2D eigenvalue weighted by Gasteiger charge is 2.20. The molecule has 0 spiro atoms. The second-order valence-corrected chi connectivity index (χ2v) is 9.86. The quantitative estimate of drug-likeness (QED) is 0.221. The average molecular weight is 536 g/mol. The van der Waals surface area contributed by atoms with Gasteiger partial charge >= 0.3 is 0 Å². The smallest absolute Gasteiger partial charge is 0.295 e. The molecular weight excluding hydrogens is 510 g/mol. The highest BCUT2D eigenvalue weighted by atomic mass is 32.2. The normalized spacial score (nSPS) is 11.5. The fourth-order valence-electron chi connectivity index (χ4n) is 3.79. The first-order chi connectivity index (χ1) is 18.2. The van der Waals surface area contributed by atoms with Crippen LogP contribution < -0.4 is 18.9 Å². The van der Waals surface area contributed by atoms with E-state index in [0.29, 0.717) is 16.5 Å². The number of nitrogens with zero attached hydrogens (tertiary/aromatic N) is 2. The molecule has 0 aliphatic carbocycles. The molecule has 0 heterocycles. The highest BCUT2D eigenvalue weighted by molar-refractivity contribution is 7.92. The monoisotopic (exact) mass is 535 g/mol. The number of azo groups is 1. The lowest BCUT2D eigenvalue weighted by Gasteiger charge is -2.13. The van der Waals surface area contributed by atoms with Crippen molar-refractivity contribution >= 4 is 38.1 Å². The van der Waals surface area contributed by atoms with E-state index in [1.54, 1.807) is 36.4 Å². The molecule has 0 aromatic heterocycles. The minimum Gasteiger partial charge on any atom is -0.505 e. The van der Waals surface area contributed by atoms with Crippen LogP contribution in [-0.2, 0) is 10.0 Å². The van der Waals surface area contributed by atoms with Crippen LogP contribution in [0.5, 0.6) is 23.0 Å². The molecule has 0 atom stereocenters.